The molecule has 1 atom stereocenters. The summed E-state index contributed by atoms with van der Waals surface area (Å²) in [6.07, 6.45) is 9.21. The number of nitrogens with one attached hydrogen (secondary N) is 3. The van der Waals surface area contributed by atoms with E-state index in [2.05, 4.69) is 37.9 Å². The van der Waals surface area contributed by atoms with E-state index in [-0.39, 0.29) is 24.4 Å². The number of hydrogen-bond acceptors (Lipinski definition) is 5. The SMILES string of the molecule is O=C(CCc1n[nH]c(=O)[nH]c1=O)NN=CC1CC=CCC1. The summed E-state index contributed by atoms with van der Waals surface area (Å²) in [5.74, 6) is 0.0593. The number of rotatable bonds is 5. The standard InChI is InChI=1S/C13H17N5O3/c19-11(17-14-8-9-4-2-1-3-5-9)7-6-10-12(20)15-13(21)18-16-10/h1-2,8-9H,3-7H2,(H,17,19)(H2,15,18,20,21). The van der Waals surface area contributed by atoms with Gasteiger partial charge in [-0.1, -0.05) is 12.2 Å². The van der Waals surface area contributed by atoms with Crippen molar-refractivity contribution >= 4 is 12.1 Å². The van der Waals surface area contributed by atoms with Crippen molar-refractivity contribution in [3.8, 4) is 0 Å². The molecule has 1 amide bonds. The van der Waals surface area contributed by atoms with Crippen LogP contribution < -0.4 is 16.7 Å². The lowest BCUT2D eigenvalue weighted by Crippen LogP contribution is -2.28. The van der Waals surface area contributed by atoms with Crippen LogP contribution in [0.5, 0.6) is 0 Å². The zero-order valence-corrected chi connectivity index (χ0v) is 11.5. The third-order valence-corrected chi connectivity index (χ3v) is 3.15. The van der Waals surface area contributed by atoms with Gasteiger partial charge in [0.05, 0.1) is 0 Å². The number of aryl methyl sites for hydroxylation is 1. The number of nitrogens with zero attached hydrogens (tertiary/aromatic N) is 2. The highest BCUT2D eigenvalue weighted by molar-refractivity contribution is 5.77. The van der Waals surface area contributed by atoms with E-state index in [0.717, 1.165) is 19.3 Å². The number of carbonyl (C=O) groups excluding carboxylic acids is 1. The zero-order valence-electron chi connectivity index (χ0n) is 11.5. The Hall–Kier alpha value is -2.51. The highest BCUT2D eigenvalue weighted by atomic mass is 16.2. The normalized spacial score (nSPS) is 18.0. The van der Waals surface area contributed by atoms with Crippen molar-refractivity contribution in [2.75, 3.05) is 0 Å². The fourth-order valence-corrected chi connectivity index (χ4v) is 2.00. The number of allylic oxidation sites excluding steroid dienone is 2. The van der Waals surface area contributed by atoms with Gasteiger partial charge in [0, 0.05) is 19.1 Å². The van der Waals surface area contributed by atoms with Crippen LogP contribution in [0.25, 0.3) is 0 Å². The van der Waals surface area contributed by atoms with Crippen LogP contribution in [0.15, 0.2) is 26.8 Å². The molecule has 1 unspecified atom stereocenters. The molecular weight excluding hydrogens is 274 g/mol. The molecule has 0 fully saturated rings. The fraction of sp³-hybridized carbons (Fsp3) is 0.462. The first kappa shape index (κ1) is 14.9. The summed E-state index contributed by atoms with van der Waals surface area (Å²) in [6, 6.07) is 0. The van der Waals surface area contributed by atoms with Crippen LogP contribution in [0.1, 0.15) is 31.4 Å². The first-order valence-corrected chi connectivity index (χ1v) is 6.80. The van der Waals surface area contributed by atoms with Gasteiger partial charge < -0.3 is 0 Å². The monoisotopic (exact) mass is 291 g/mol. The average Bonchev–Trinajstić information content (AvgIpc) is 2.47. The molecule has 0 saturated carbocycles. The van der Waals surface area contributed by atoms with Gasteiger partial charge >= 0.3 is 5.69 Å². The van der Waals surface area contributed by atoms with Gasteiger partial charge in [-0.25, -0.2) is 15.3 Å². The molecule has 1 heterocycles. The van der Waals surface area contributed by atoms with E-state index in [1.807, 2.05) is 0 Å². The quantitative estimate of drug-likeness (QED) is 0.397. The smallest absolute Gasteiger partial charge is 0.273 e. The maximum absolute atomic E-state index is 11.6. The highest BCUT2D eigenvalue weighted by Crippen LogP contribution is 2.15. The zero-order chi connectivity index (χ0) is 15.1. The Labute approximate surface area is 120 Å². The van der Waals surface area contributed by atoms with Gasteiger partial charge in [-0.05, 0) is 25.2 Å². The van der Waals surface area contributed by atoms with Gasteiger partial charge in [-0.15, -0.1) is 0 Å². The van der Waals surface area contributed by atoms with Gasteiger partial charge in [0.2, 0.25) is 5.91 Å². The Morgan fingerprint density at radius 1 is 1.48 bits per heavy atom. The Morgan fingerprint density at radius 2 is 2.33 bits per heavy atom. The molecule has 112 valence electrons. The van der Waals surface area contributed by atoms with E-state index in [4.69, 9.17) is 0 Å². The minimum Gasteiger partial charge on any atom is -0.273 e. The lowest BCUT2D eigenvalue weighted by Gasteiger charge is -2.11. The summed E-state index contributed by atoms with van der Waals surface area (Å²) in [4.78, 5) is 35.8. The van der Waals surface area contributed by atoms with Crippen LogP contribution in [0.2, 0.25) is 0 Å². The van der Waals surface area contributed by atoms with E-state index < -0.39 is 11.2 Å². The minimum atomic E-state index is -0.667. The number of carbonyl (C=O) groups is 1. The van der Waals surface area contributed by atoms with Gasteiger partial charge in [0.25, 0.3) is 5.56 Å². The second-order valence-corrected chi connectivity index (χ2v) is 4.81. The Morgan fingerprint density at radius 3 is 3.05 bits per heavy atom. The number of H-pyrrole nitrogens is 2. The van der Waals surface area contributed by atoms with Gasteiger partial charge in [-0.3, -0.25) is 14.6 Å². The molecule has 0 saturated heterocycles. The van der Waals surface area contributed by atoms with Gasteiger partial charge in [0.1, 0.15) is 5.69 Å². The summed E-state index contributed by atoms with van der Waals surface area (Å²) in [7, 11) is 0. The molecule has 1 aromatic heterocycles. The summed E-state index contributed by atoms with van der Waals surface area (Å²) >= 11 is 0. The summed E-state index contributed by atoms with van der Waals surface area (Å²) in [6.45, 7) is 0. The molecular formula is C13H17N5O3. The molecule has 3 N–H and O–H groups in total. The number of hydrogen-bond donors (Lipinski definition) is 3. The second kappa shape index (κ2) is 7.32. The molecule has 0 bridgehead atoms. The molecule has 0 aromatic carbocycles. The van der Waals surface area contributed by atoms with Crippen molar-refractivity contribution in [3.63, 3.8) is 0 Å². The molecule has 21 heavy (non-hydrogen) atoms. The minimum absolute atomic E-state index is 0.0734. The first-order chi connectivity index (χ1) is 10.1. The van der Waals surface area contributed by atoms with Gasteiger partial charge in [0.15, 0.2) is 0 Å². The molecule has 1 aliphatic carbocycles. The van der Waals surface area contributed by atoms with Crippen molar-refractivity contribution in [2.45, 2.75) is 32.1 Å². The maximum Gasteiger partial charge on any atom is 0.342 e. The van der Waals surface area contributed by atoms with Crippen LogP contribution in [0, 0.1) is 5.92 Å². The molecule has 1 aliphatic rings. The van der Waals surface area contributed by atoms with Crippen molar-refractivity contribution < 1.29 is 4.79 Å². The third kappa shape index (κ3) is 4.83. The summed E-state index contributed by atoms with van der Waals surface area (Å²) in [5, 5.41) is 9.64. The number of aromatic nitrogens is 3. The molecule has 8 heteroatoms. The Kier molecular flexibility index (Phi) is 5.19. The highest BCUT2D eigenvalue weighted by Gasteiger charge is 2.08. The summed E-state index contributed by atoms with van der Waals surface area (Å²) < 4.78 is 0. The van der Waals surface area contributed by atoms with E-state index in [0.29, 0.717) is 5.92 Å². The van der Waals surface area contributed by atoms with E-state index in [9.17, 15) is 14.4 Å². The number of hydrazone groups is 1. The van der Waals surface area contributed by atoms with Gasteiger partial charge in [-0.2, -0.15) is 10.2 Å². The van der Waals surface area contributed by atoms with E-state index in [1.165, 1.54) is 0 Å². The van der Waals surface area contributed by atoms with Crippen molar-refractivity contribution in [1.82, 2.24) is 20.6 Å². The number of amides is 1. The van der Waals surface area contributed by atoms with E-state index >= 15 is 0 Å². The van der Waals surface area contributed by atoms with Crippen molar-refractivity contribution in [1.29, 1.82) is 0 Å². The first-order valence-electron chi connectivity index (χ1n) is 6.80. The molecule has 0 spiro atoms. The average molecular weight is 291 g/mol. The molecule has 1 aromatic rings. The Balaban J connectivity index is 1.77. The van der Waals surface area contributed by atoms with Crippen molar-refractivity contribution in [3.05, 3.63) is 38.7 Å². The third-order valence-electron chi connectivity index (χ3n) is 3.15. The molecule has 0 radical (unpaired) electrons. The maximum atomic E-state index is 11.6. The topological polar surface area (TPSA) is 120 Å². The Bertz CT molecular complexity index is 658. The largest absolute Gasteiger partial charge is 0.342 e. The molecule has 8 nitrogen and oxygen atoms in total. The van der Waals surface area contributed by atoms with Crippen LogP contribution in [0.4, 0.5) is 0 Å². The van der Waals surface area contributed by atoms with Crippen LogP contribution in [-0.4, -0.2) is 27.3 Å². The van der Waals surface area contributed by atoms with Crippen LogP contribution in [-0.2, 0) is 11.2 Å². The predicted molar refractivity (Wildman–Crippen MR) is 76.9 cm³/mol. The number of aromatic amines is 2. The van der Waals surface area contributed by atoms with Crippen LogP contribution in [0.3, 0.4) is 0 Å². The predicted octanol–water partition coefficient (Wildman–Crippen LogP) is -0.151. The lowest BCUT2D eigenvalue weighted by molar-refractivity contribution is -0.121. The molecule has 2 rings (SSSR count). The lowest BCUT2D eigenvalue weighted by atomic mass is 9.96. The van der Waals surface area contributed by atoms with E-state index in [1.54, 1.807) is 6.21 Å². The molecule has 0 aliphatic heterocycles. The summed E-state index contributed by atoms with van der Waals surface area (Å²) in [5.41, 5.74) is 1.30. The van der Waals surface area contributed by atoms with Crippen molar-refractivity contribution in [2.24, 2.45) is 11.0 Å². The second-order valence-electron chi connectivity index (χ2n) is 4.81. The van der Waals surface area contributed by atoms with Crippen LogP contribution >= 0.6 is 0 Å². The fourth-order valence-electron chi connectivity index (χ4n) is 2.00.